The van der Waals surface area contributed by atoms with Gasteiger partial charge < -0.3 is 10.5 Å². The second kappa shape index (κ2) is 8.06. The number of carbonyl (C=O) groups excluding carboxylic acids is 1. The number of nitrogens with two attached hydrogens (primary N) is 1. The lowest BCUT2D eigenvalue weighted by Crippen LogP contribution is -2.59. The number of fused-ring (bicyclic) bond motifs is 2. The summed E-state index contributed by atoms with van der Waals surface area (Å²) in [7, 11) is 0. The van der Waals surface area contributed by atoms with E-state index in [1.54, 1.807) is 6.07 Å². The van der Waals surface area contributed by atoms with E-state index in [2.05, 4.69) is 48.2 Å². The zero-order chi connectivity index (χ0) is 19.6. The molecule has 1 amide bonds. The van der Waals surface area contributed by atoms with E-state index >= 15 is 0 Å². The number of hydrogen-bond acceptors (Lipinski definition) is 3. The van der Waals surface area contributed by atoms with E-state index in [1.807, 2.05) is 12.1 Å². The van der Waals surface area contributed by atoms with Crippen LogP contribution in [0.15, 0.2) is 54.6 Å². The van der Waals surface area contributed by atoms with Gasteiger partial charge in [-0.2, -0.15) is 0 Å². The van der Waals surface area contributed by atoms with Crippen LogP contribution in [0.25, 0.3) is 0 Å². The van der Waals surface area contributed by atoms with E-state index < -0.39 is 0 Å². The fourth-order valence-electron chi connectivity index (χ4n) is 5.44. The molecule has 148 valence electrons. The monoisotopic (exact) mass is 378 g/mol. The molecule has 4 rings (SSSR count). The molecule has 0 aromatic heterocycles. The number of likely N-dealkylation sites (tertiary alicyclic amines) is 1. The van der Waals surface area contributed by atoms with Gasteiger partial charge in [0.05, 0.1) is 0 Å². The predicted octanol–water partition coefficient (Wildman–Crippen LogP) is 3.95. The second-order valence-corrected chi connectivity index (χ2v) is 8.18. The van der Waals surface area contributed by atoms with Crippen LogP contribution in [0.1, 0.15) is 47.7 Å². The smallest absolute Gasteiger partial charge is 0.248 e. The van der Waals surface area contributed by atoms with Crippen LogP contribution in [0, 0.1) is 11.8 Å². The number of ether oxygens (including phenoxy) is 1. The standard InChI is InChI=1S/C24H30N2O2/c1-2-28-24(20-11-6-10-19(14-20)23(25)27)21-12-7-13-22(24)17-26(16-21)15-18-8-4-3-5-9-18/h3-6,8-11,14,21-22H,2,7,12-13,15-17H2,1H3,(H2,25,27). The third kappa shape index (κ3) is 3.47. The van der Waals surface area contributed by atoms with Gasteiger partial charge in [-0.3, -0.25) is 9.69 Å². The van der Waals surface area contributed by atoms with Crippen LogP contribution in [0.5, 0.6) is 0 Å². The highest BCUT2D eigenvalue weighted by atomic mass is 16.5. The molecule has 2 unspecified atom stereocenters. The summed E-state index contributed by atoms with van der Waals surface area (Å²) in [5.41, 5.74) is 8.31. The summed E-state index contributed by atoms with van der Waals surface area (Å²) in [6, 6.07) is 18.5. The first-order valence-electron chi connectivity index (χ1n) is 10.4. The molecule has 2 aromatic rings. The molecule has 1 heterocycles. The lowest BCUT2D eigenvalue weighted by molar-refractivity contribution is -0.184. The highest BCUT2D eigenvalue weighted by molar-refractivity contribution is 5.92. The van der Waals surface area contributed by atoms with Gasteiger partial charge in [0.2, 0.25) is 5.91 Å². The van der Waals surface area contributed by atoms with E-state index in [1.165, 1.54) is 12.0 Å². The van der Waals surface area contributed by atoms with E-state index in [9.17, 15) is 4.79 Å². The highest BCUT2D eigenvalue weighted by Crippen LogP contribution is 2.52. The van der Waals surface area contributed by atoms with Gasteiger partial charge in [0.25, 0.3) is 0 Å². The molecule has 1 saturated carbocycles. The topological polar surface area (TPSA) is 55.6 Å². The van der Waals surface area contributed by atoms with Gasteiger partial charge in [0.1, 0.15) is 5.60 Å². The molecule has 4 nitrogen and oxygen atoms in total. The maximum absolute atomic E-state index is 11.8. The largest absolute Gasteiger partial charge is 0.370 e. The molecule has 2 atom stereocenters. The minimum Gasteiger partial charge on any atom is -0.370 e. The van der Waals surface area contributed by atoms with Crippen molar-refractivity contribution >= 4 is 5.91 Å². The number of hydrogen-bond donors (Lipinski definition) is 1. The van der Waals surface area contributed by atoms with E-state index in [0.29, 0.717) is 24.0 Å². The second-order valence-electron chi connectivity index (χ2n) is 8.18. The van der Waals surface area contributed by atoms with Gasteiger partial charge >= 0.3 is 0 Å². The van der Waals surface area contributed by atoms with Gasteiger partial charge in [-0.1, -0.05) is 48.9 Å². The third-order valence-electron chi connectivity index (χ3n) is 6.51. The van der Waals surface area contributed by atoms with Crippen molar-refractivity contribution in [3.8, 4) is 0 Å². The Hall–Kier alpha value is -2.17. The molecule has 2 bridgehead atoms. The first-order valence-corrected chi connectivity index (χ1v) is 10.4. The normalized spacial score (nSPS) is 27.5. The molecule has 0 spiro atoms. The molecular formula is C24H30N2O2. The Balaban J connectivity index is 1.66. The lowest BCUT2D eigenvalue weighted by Gasteiger charge is -2.56. The Morgan fingerprint density at radius 3 is 2.46 bits per heavy atom. The summed E-state index contributed by atoms with van der Waals surface area (Å²) >= 11 is 0. The fourth-order valence-corrected chi connectivity index (χ4v) is 5.44. The minimum absolute atomic E-state index is 0.314. The number of piperidine rings is 1. The van der Waals surface area contributed by atoms with Crippen LogP contribution >= 0.6 is 0 Å². The van der Waals surface area contributed by atoms with Crippen LogP contribution in [-0.4, -0.2) is 30.5 Å². The molecule has 2 aromatic carbocycles. The number of carbonyl (C=O) groups is 1. The number of amides is 1. The first-order chi connectivity index (χ1) is 13.6. The fraction of sp³-hybridized carbons (Fsp3) is 0.458. The van der Waals surface area contributed by atoms with Crippen molar-refractivity contribution in [2.24, 2.45) is 17.6 Å². The van der Waals surface area contributed by atoms with Crippen molar-refractivity contribution in [2.45, 2.75) is 38.3 Å². The summed E-state index contributed by atoms with van der Waals surface area (Å²) in [5.74, 6) is 0.471. The van der Waals surface area contributed by atoms with Crippen LogP contribution < -0.4 is 5.73 Å². The molecular weight excluding hydrogens is 348 g/mol. The molecule has 4 heteroatoms. The molecule has 1 aliphatic heterocycles. The molecule has 2 fully saturated rings. The molecule has 1 saturated heterocycles. The van der Waals surface area contributed by atoms with Gasteiger partial charge in [-0.15, -0.1) is 0 Å². The molecule has 1 aliphatic carbocycles. The summed E-state index contributed by atoms with van der Waals surface area (Å²) in [5, 5.41) is 0. The zero-order valence-corrected chi connectivity index (χ0v) is 16.6. The quantitative estimate of drug-likeness (QED) is 0.828. The number of benzene rings is 2. The number of rotatable bonds is 6. The Morgan fingerprint density at radius 2 is 1.82 bits per heavy atom. The number of nitrogens with zero attached hydrogens (tertiary/aromatic N) is 1. The van der Waals surface area contributed by atoms with Gasteiger partial charge in [0.15, 0.2) is 0 Å². The zero-order valence-electron chi connectivity index (χ0n) is 16.6. The van der Waals surface area contributed by atoms with Gasteiger partial charge in [-0.25, -0.2) is 0 Å². The summed E-state index contributed by atoms with van der Waals surface area (Å²) < 4.78 is 6.58. The first kappa shape index (κ1) is 19.2. The maximum atomic E-state index is 11.8. The predicted molar refractivity (Wildman–Crippen MR) is 111 cm³/mol. The van der Waals surface area contributed by atoms with Gasteiger partial charge in [0, 0.05) is 43.6 Å². The Kier molecular flexibility index (Phi) is 5.51. The van der Waals surface area contributed by atoms with Crippen LogP contribution in [-0.2, 0) is 16.9 Å². The Morgan fingerprint density at radius 1 is 1.11 bits per heavy atom. The van der Waals surface area contributed by atoms with Crippen molar-refractivity contribution in [1.29, 1.82) is 0 Å². The number of primary amides is 1. The van der Waals surface area contributed by atoms with E-state index in [0.717, 1.165) is 38.0 Å². The SMILES string of the molecule is CCOC1(c2cccc(C(N)=O)c2)C2CCCC1CN(Cc1ccccc1)C2. The van der Waals surface area contributed by atoms with Gasteiger partial charge in [-0.05, 0) is 43.0 Å². The molecule has 0 radical (unpaired) electrons. The minimum atomic E-state index is -0.375. The third-order valence-corrected chi connectivity index (χ3v) is 6.51. The average Bonchev–Trinajstić information content (AvgIpc) is 2.69. The highest BCUT2D eigenvalue weighted by Gasteiger charge is 2.53. The summed E-state index contributed by atoms with van der Waals surface area (Å²) in [6.07, 6.45) is 3.56. The van der Waals surface area contributed by atoms with Crippen LogP contribution in [0.4, 0.5) is 0 Å². The van der Waals surface area contributed by atoms with E-state index in [4.69, 9.17) is 10.5 Å². The van der Waals surface area contributed by atoms with Crippen LogP contribution in [0.3, 0.4) is 0 Å². The summed E-state index contributed by atoms with van der Waals surface area (Å²) in [6.45, 7) is 5.77. The maximum Gasteiger partial charge on any atom is 0.248 e. The summed E-state index contributed by atoms with van der Waals surface area (Å²) in [4.78, 5) is 14.4. The van der Waals surface area contributed by atoms with Crippen molar-refractivity contribution in [2.75, 3.05) is 19.7 Å². The van der Waals surface area contributed by atoms with Crippen LogP contribution in [0.2, 0.25) is 0 Å². The molecule has 2 N–H and O–H groups in total. The molecule has 28 heavy (non-hydrogen) atoms. The Labute approximate surface area is 167 Å². The van der Waals surface area contributed by atoms with Crippen molar-refractivity contribution in [3.63, 3.8) is 0 Å². The van der Waals surface area contributed by atoms with E-state index in [-0.39, 0.29) is 11.5 Å². The van der Waals surface area contributed by atoms with Crippen molar-refractivity contribution in [3.05, 3.63) is 71.3 Å². The Bertz CT molecular complexity index is 806. The van der Waals surface area contributed by atoms with Crippen molar-refractivity contribution in [1.82, 2.24) is 4.90 Å². The average molecular weight is 379 g/mol. The van der Waals surface area contributed by atoms with Crippen molar-refractivity contribution < 1.29 is 9.53 Å². The lowest BCUT2D eigenvalue weighted by atomic mass is 9.62. The molecule has 2 aliphatic rings.